The van der Waals surface area contributed by atoms with Gasteiger partial charge >= 0.3 is 0 Å². The van der Waals surface area contributed by atoms with Crippen molar-refractivity contribution in [2.24, 2.45) is 0 Å². The molecular formula is C8H5ClN2O. The van der Waals surface area contributed by atoms with Crippen molar-refractivity contribution in [1.82, 2.24) is 10.2 Å². The SMILES string of the molecule is Clc1cccc(-c2nnco2)c1. The molecule has 4 heteroatoms. The molecule has 0 spiro atoms. The summed E-state index contributed by atoms with van der Waals surface area (Å²) in [5.74, 6) is 0.484. The van der Waals surface area contributed by atoms with E-state index in [2.05, 4.69) is 10.2 Å². The Kier molecular flexibility index (Phi) is 1.80. The highest BCUT2D eigenvalue weighted by Gasteiger charge is 2.02. The minimum absolute atomic E-state index is 0.484. The number of benzene rings is 1. The summed E-state index contributed by atoms with van der Waals surface area (Å²) in [6.45, 7) is 0. The van der Waals surface area contributed by atoms with Gasteiger partial charge in [0.25, 0.3) is 0 Å². The van der Waals surface area contributed by atoms with Gasteiger partial charge in [0.1, 0.15) is 0 Å². The highest BCUT2D eigenvalue weighted by molar-refractivity contribution is 6.30. The quantitative estimate of drug-likeness (QED) is 0.677. The molecule has 3 nitrogen and oxygen atoms in total. The normalized spacial score (nSPS) is 10.1. The van der Waals surface area contributed by atoms with Crippen LogP contribution < -0.4 is 0 Å². The highest BCUT2D eigenvalue weighted by atomic mass is 35.5. The fourth-order valence-corrected chi connectivity index (χ4v) is 1.11. The van der Waals surface area contributed by atoms with Crippen molar-refractivity contribution in [2.75, 3.05) is 0 Å². The van der Waals surface area contributed by atoms with Crippen LogP contribution in [0.1, 0.15) is 0 Å². The van der Waals surface area contributed by atoms with E-state index in [0.29, 0.717) is 10.9 Å². The first-order valence-corrected chi connectivity index (χ1v) is 3.76. The smallest absolute Gasteiger partial charge is 0.247 e. The Labute approximate surface area is 74.0 Å². The Hall–Kier alpha value is -1.35. The van der Waals surface area contributed by atoms with Crippen molar-refractivity contribution >= 4 is 11.6 Å². The molecule has 0 radical (unpaired) electrons. The minimum atomic E-state index is 0.484. The molecule has 2 aromatic rings. The number of halogens is 1. The minimum Gasteiger partial charge on any atom is -0.423 e. The van der Waals surface area contributed by atoms with Gasteiger partial charge in [-0.25, -0.2) is 0 Å². The lowest BCUT2D eigenvalue weighted by Gasteiger charge is -1.93. The standard InChI is InChI=1S/C8H5ClN2O/c9-7-3-1-2-6(4-7)8-11-10-5-12-8/h1-5H. The van der Waals surface area contributed by atoms with E-state index in [-0.39, 0.29) is 0 Å². The van der Waals surface area contributed by atoms with Gasteiger partial charge in [-0.15, -0.1) is 10.2 Å². The molecule has 0 fully saturated rings. The number of rotatable bonds is 1. The van der Waals surface area contributed by atoms with E-state index in [1.165, 1.54) is 6.39 Å². The summed E-state index contributed by atoms with van der Waals surface area (Å²) in [6.07, 6.45) is 1.29. The second-order valence-corrected chi connectivity index (χ2v) is 2.69. The van der Waals surface area contributed by atoms with Crippen molar-refractivity contribution < 1.29 is 4.42 Å². The van der Waals surface area contributed by atoms with Crippen LogP contribution in [0, 0.1) is 0 Å². The topological polar surface area (TPSA) is 38.9 Å². The predicted molar refractivity (Wildman–Crippen MR) is 44.7 cm³/mol. The molecule has 0 amide bonds. The predicted octanol–water partition coefficient (Wildman–Crippen LogP) is 2.39. The van der Waals surface area contributed by atoms with E-state index < -0.39 is 0 Å². The molecule has 1 heterocycles. The van der Waals surface area contributed by atoms with Gasteiger partial charge in [0.15, 0.2) is 0 Å². The van der Waals surface area contributed by atoms with Crippen LogP contribution in [0.25, 0.3) is 11.5 Å². The monoisotopic (exact) mass is 180 g/mol. The van der Waals surface area contributed by atoms with Crippen molar-refractivity contribution in [1.29, 1.82) is 0 Å². The molecule has 0 unspecified atom stereocenters. The molecule has 1 aromatic heterocycles. The van der Waals surface area contributed by atoms with Gasteiger partial charge in [-0.1, -0.05) is 17.7 Å². The van der Waals surface area contributed by atoms with Gasteiger partial charge in [0.2, 0.25) is 12.3 Å². The van der Waals surface area contributed by atoms with Crippen LogP contribution in [0.5, 0.6) is 0 Å². The van der Waals surface area contributed by atoms with Crippen molar-refractivity contribution in [2.45, 2.75) is 0 Å². The van der Waals surface area contributed by atoms with E-state index >= 15 is 0 Å². The van der Waals surface area contributed by atoms with Crippen LogP contribution in [-0.2, 0) is 0 Å². The van der Waals surface area contributed by atoms with Crippen LogP contribution in [0.4, 0.5) is 0 Å². The molecule has 0 aliphatic rings. The zero-order valence-electron chi connectivity index (χ0n) is 6.07. The lowest BCUT2D eigenvalue weighted by molar-refractivity contribution is 0.568. The molecule has 0 atom stereocenters. The maximum absolute atomic E-state index is 5.77. The zero-order chi connectivity index (χ0) is 8.39. The average molecular weight is 181 g/mol. The molecule has 12 heavy (non-hydrogen) atoms. The summed E-state index contributed by atoms with van der Waals surface area (Å²) in [7, 11) is 0. The van der Waals surface area contributed by atoms with Crippen LogP contribution >= 0.6 is 11.6 Å². The molecule has 0 saturated heterocycles. The summed E-state index contributed by atoms with van der Waals surface area (Å²) >= 11 is 5.77. The summed E-state index contributed by atoms with van der Waals surface area (Å²) in [6, 6.07) is 7.26. The molecule has 2 rings (SSSR count). The number of hydrogen-bond acceptors (Lipinski definition) is 3. The van der Waals surface area contributed by atoms with Gasteiger partial charge < -0.3 is 4.42 Å². The third kappa shape index (κ3) is 1.31. The first-order chi connectivity index (χ1) is 5.86. The van der Waals surface area contributed by atoms with Crippen molar-refractivity contribution in [3.05, 3.63) is 35.7 Å². The van der Waals surface area contributed by atoms with E-state index in [1.807, 2.05) is 12.1 Å². The number of aromatic nitrogens is 2. The largest absolute Gasteiger partial charge is 0.423 e. The number of hydrogen-bond donors (Lipinski definition) is 0. The highest BCUT2D eigenvalue weighted by Crippen LogP contribution is 2.19. The maximum atomic E-state index is 5.77. The van der Waals surface area contributed by atoms with E-state index in [1.54, 1.807) is 12.1 Å². The molecule has 0 N–H and O–H groups in total. The Balaban J connectivity index is 2.48. The van der Waals surface area contributed by atoms with Gasteiger partial charge in [-0.05, 0) is 18.2 Å². The van der Waals surface area contributed by atoms with E-state index in [0.717, 1.165) is 5.56 Å². The van der Waals surface area contributed by atoms with Gasteiger partial charge in [-0.2, -0.15) is 0 Å². The van der Waals surface area contributed by atoms with E-state index in [4.69, 9.17) is 16.0 Å². The average Bonchev–Trinajstić information content (AvgIpc) is 2.56. The summed E-state index contributed by atoms with van der Waals surface area (Å²) < 4.78 is 4.99. The summed E-state index contributed by atoms with van der Waals surface area (Å²) in [5, 5.41) is 7.98. The molecule has 0 bridgehead atoms. The molecule has 0 aliphatic heterocycles. The Morgan fingerprint density at radius 2 is 2.25 bits per heavy atom. The summed E-state index contributed by atoms with van der Waals surface area (Å²) in [4.78, 5) is 0. The summed E-state index contributed by atoms with van der Waals surface area (Å²) in [5.41, 5.74) is 0.833. The second kappa shape index (κ2) is 2.95. The van der Waals surface area contributed by atoms with Crippen molar-refractivity contribution in [3.8, 4) is 11.5 Å². The molecule has 0 saturated carbocycles. The molecule has 1 aromatic carbocycles. The fourth-order valence-electron chi connectivity index (χ4n) is 0.920. The Morgan fingerprint density at radius 3 is 2.92 bits per heavy atom. The Bertz CT molecular complexity index is 372. The second-order valence-electron chi connectivity index (χ2n) is 2.25. The van der Waals surface area contributed by atoms with Gasteiger partial charge in [0.05, 0.1) is 0 Å². The van der Waals surface area contributed by atoms with Crippen LogP contribution in [0.2, 0.25) is 5.02 Å². The molecular weight excluding hydrogens is 176 g/mol. The Morgan fingerprint density at radius 1 is 1.33 bits per heavy atom. The van der Waals surface area contributed by atoms with Crippen molar-refractivity contribution in [3.63, 3.8) is 0 Å². The van der Waals surface area contributed by atoms with E-state index in [9.17, 15) is 0 Å². The lowest BCUT2D eigenvalue weighted by atomic mass is 10.2. The third-order valence-electron chi connectivity index (χ3n) is 1.43. The molecule has 0 aliphatic carbocycles. The number of nitrogens with zero attached hydrogens (tertiary/aromatic N) is 2. The fraction of sp³-hybridized carbons (Fsp3) is 0. The van der Waals surface area contributed by atoms with Crippen LogP contribution in [0.3, 0.4) is 0 Å². The first kappa shape index (κ1) is 7.31. The van der Waals surface area contributed by atoms with Gasteiger partial charge in [0, 0.05) is 10.6 Å². The third-order valence-corrected chi connectivity index (χ3v) is 1.67. The van der Waals surface area contributed by atoms with Gasteiger partial charge in [-0.3, -0.25) is 0 Å². The maximum Gasteiger partial charge on any atom is 0.247 e. The molecule has 60 valence electrons. The van der Waals surface area contributed by atoms with Crippen LogP contribution in [-0.4, -0.2) is 10.2 Å². The lowest BCUT2D eigenvalue weighted by Crippen LogP contribution is -1.76. The first-order valence-electron chi connectivity index (χ1n) is 3.38. The zero-order valence-corrected chi connectivity index (χ0v) is 6.82. The van der Waals surface area contributed by atoms with Crippen LogP contribution in [0.15, 0.2) is 35.1 Å².